The first-order valence-corrected chi connectivity index (χ1v) is 4.96. The number of rotatable bonds is 5. The molecular formula is C12H14O5. The molecule has 0 saturated heterocycles. The van der Waals surface area contributed by atoms with Crippen molar-refractivity contribution in [2.45, 2.75) is 19.4 Å². The number of methoxy groups -OCH3 is 1. The lowest BCUT2D eigenvalue weighted by Crippen LogP contribution is -2.37. The number of carboxylic acid groups (broad SMARTS) is 1. The van der Waals surface area contributed by atoms with Gasteiger partial charge in [-0.1, -0.05) is 0 Å². The van der Waals surface area contributed by atoms with Crippen molar-refractivity contribution in [2.75, 3.05) is 7.11 Å². The van der Waals surface area contributed by atoms with Gasteiger partial charge < -0.3 is 14.6 Å². The first-order valence-electron chi connectivity index (χ1n) is 4.96. The van der Waals surface area contributed by atoms with Crippen molar-refractivity contribution in [1.29, 1.82) is 0 Å². The molecule has 0 aliphatic heterocycles. The molecule has 0 spiro atoms. The molecule has 5 heteroatoms. The summed E-state index contributed by atoms with van der Waals surface area (Å²) >= 11 is 0. The predicted octanol–water partition coefficient (Wildman–Crippen LogP) is 1.75. The van der Waals surface area contributed by atoms with Crippen LogP contribution in [0, 0.1) is 0 Å². The average molecular weight is 238 g/mol. The van der Waals surface area contributed by atoms with E-state index in [4.69, 9.17) is 14.6 Å². The van der Waals surface area contributed by atoms with E-state index in [1.807, 2.05) is 0 Å². The average Bonchev–Trinajstić information content (AvgIpc) is 2.28. The van der Waals surface area contributed by atoms with E-state index < -0.39 is 11.6 Å². The van der Waals surface area contributed by atoms with Crippen LogP contribution in [0.1, 0.15) is 24.2 Å². The summed E-state index contributed by atoms with van der Waals surface area (Å²) in [5, 5.41) is 8.92. The summed E-state index contributed by atoms with van der Waals surface area (Å²) in [5.41, 5.74) is -0.957. The van der Waals surface area contributed by atoms with Gasteiger partial charge in [0, 0.05) is 6.07 Å². The Morgan fingerprint density at radius 2 is 2.06 bits per heavy atom. The van der Waals surface area contributed by atoms with Gasteiger partial charge in [-0.25, -0.2) is 4.79 Å². The van der Waals surface area contributed by atoms with E-state index in [0.717, 1.165) is 0 Å². The molecule has 0 bridgehead atoms. The Balaban J connectivity index is 3.01. The number of carbonyl (C=O) groups excluding carboxylic acids is 1. The highest BCUT2D eigenvalue weighted by molar-refractivity contribution is 5.80. The van der Waals surface area contributed by atoms with E-state index in [9.17, 15) is 9.59 Å². The van der Waals surface area contributed by atoms with Crippen molar-refractivity contribution < 1.29 is 24.2 Å². The molecule has 0 heterocycles. The molecule has 0 aromatic heterocycles. The molecule has 0 aliphatic carbocycles. The second-order valence-corrected chi connectivity index (χ2v) is 3.94. The normalized spacial score (nSPS) is 10.8. The largest absolute Gasteiger partial charge is 0.496 e. The van der Waals surface area contributed by atoms with Crippen molar-refractivity contribution in [3.05, 3.63) is 23.8 Å². The fourth-order valence-electron chi connectivity index (χ4n) is 1.19. The van der Waals surface area contributed by atoms with Crippen LogP contribution in [0.4, 0.5) is 0 Å². The maximum absolute atomic E-state index is 10.9. The lowest BCUT2D eigenvalue weighted by Gasteiger charge is -2.21. The number of carbonyl (C=O) groups is 2. The molecule has 0 unspecified atom stereocenters. The third kappa shape index (κ3) is 2.96. The Hall–Kier alpha value is -2.04. The standard InChI is InChI=1S/C12H14O5/c1-12(2,11(14)15)17-9-5-4-8(7-13)10(6-9)16-3/h4-7H,1-3H3,(H,14,15). The third-order valence-corrected chi connectivity index (χ3v) is 2.22. The second kappa shape index (κ2) is 4.86. The molecule has 0 saturated carbocycles. The van der Waals surface area contributed by atoms with Gasteiger partial charge in [0.15, 0.2) is 11.9 Å². The summed E-state index contributed by atoms with van der Waals surface area (Å²) in [6.45, 7) is 2.88. The Kier molecular flexibility index (Phi) is 3.73. The Bertz CT molecular complexity index is 437. The Morgan fingerprint density at radius 3 is 2.53 bits per heavy atom. The number of carboxylic acids is 1. The Labute approximate surface area is 99.0 Å². The summed E-state index contributed by atoms with van der Waals surface area (Å²) in [5.74, 6) is -0.394. The lowest BCUT2D eigenvalue weighted by molar-refractivity contribution is -0.152. The van der Waals surface area contributed by atoms with Crippen molar-refractivity contribution in [3.63, 3.8) is 0 Å². The summed E-state index contributed by atoms with van der Waals surface area (Å²) in [6, 6.07) is 4.52. The fourth-order valence-corrected chi connectivity index (χ4v) is 1.19. The van der Waals surface area contributed by atoms with Gasteiger partial charge in [0.1, 0.15) is 11.5 Å². The van der Waals surface area contributed by atoms with Gasteiger partial charge in [-0.05, 0) is 26.0 Å². The zero-order valence-electron chi connectivity index (χ0n) is 9.89. The Morgan fingerprint density at radius 1 is 1.41 bits per heavy atom. The molecule has 17 heavy (non-hydrogen) atoms. The minimum Gasteiger partial charge on any atom is -0.496 e. The van der Waals surface area contributed by atoms with Crippen LogP contribution in [0.3, 0.4) is 0 Å². The highest BCUT2D eigenvalue weighted by Crippen LogP contribution is 2.26. The minimum atomic E-state index is -1.34. The van der Waals surface area contributed by atoms with Crippen molar-refractivity contribution in [3.8, 4) is 11.5 Å². The van der Waals surface area contributed by atoms with Crippen LogP contribution in [0.5, 0.6) is 11.5 Å². The number of benzene rings is 1. The smallest absolute Gasteiger partial charge is 0.347 e. The first-order chi connectivity index (χ1) is 7.90. The molecule has 1 rings (SSSR count). The summed E-state index contributed by atoms with van der Waals surface area (Å²) < 4.78 is 10.3. The molecule has 1 N–H and O–H groups in total. The number of aldehydes is 1. The van der Waals surface area contributed by atoms with Crippen LogP contribution in [0.25, 0.3) is 0 Å². The zero-order chi connectivity index (χ0) is 13.1. The fraction of sp³-hybridized carbons (Fsp3) is 0.333. The van der Waals surface area contributed by atoms with E-state index in [2.05, 4.69) is 0 Å². The van der Waals surface area contributed by atoms with E-state index in [1.165, 1.54) is 39.2 Å². The van der Waals surface area contributed by atoms with Crippen LogP contribution >= 0.6 is 0 Å². The molecule has 1 aromatic carbocycles. The molecule has 5 nitrogen and oxygen atoms in total. The van der Waals surface area contributed by atoms with Crippen LogP contribution in [0.2, 0.25) is 0 Å². The maximum Gasteiger partial charge on any atom is 0.347 e. The van der Waals surface area contributed by atoms with Gasteiger partial charge in [-0.3, -0.25) is 4.79 Å². The highest BCUT2D eigenvalue weighted by atomic mass is 16.5. The van der Waals surface area contributed by atoms with Crippen molar-refractivity contribution in [1.82, 2.24) is 0 Å². The van der Waals surface area contributed by atoms with Crippen LogP contribution in [-0.4, -0.2) is 30.1 Å². The zero-order valence-corrected chi connectivity index (χ0v) is 9.89. The molecule has 0 radical (unpaired) electrons. The number of ether oxygens (including phenoxy) is 2. The van der Waals surface area contributed by atoms with E-state index >= 15 is 0 Å². The quantitative estimate of drug-likeness (QED) is 0.791. The SMILES string of the molecule is COc1cc(OC(C)(C)C(=O)O)ccc1C=O. The van der Waals surface area contributed by atoms with Gasteiger partial charge in [-0.15, -0.1) is 0 Å². The molecule has 92 valence electrons. The minimum absolute atomic E-state index is 0.333. The van der Waals surface area contributed by atoms with Gasteiger partial charge >= 0.3 is 5.97 Å². The summed E-state index contributed by atoms with van der Waals surface area (Å²) in [6.07, 6.45) is 0.658. The first kappa shape index (κ1) is 13.0. The molecule has 0 aliphatic rings. The topological polar surface area (TPSA) is 72.8 Å². The summed E-state index contributed by atoms with van der Waals surface area (Å²) in [7, 11) is 1.43. The van der Waals surface area contributed by atoms with Gasteiger partial charge in [0.2, 0.25) is 0 Å². The van der Waals surface area contributed by atoms with E-state index in [-0.39, 0.29) is 0 Å². The van der Waals surface area contributed by atoms with Gasteiger partial charge in [0.05, 0.1) is 12.7 Å². The van der Waals surface area contributed by atoms with E-state index in [0.29, 0.717) is 23.3 Å². The van der Waals surface area contributed by atoms with Crippen molar-refractivity contribution >= 4 is 12.3 Å². The second-order valence-electron chi connectivity index (χ2n) is 3.94. The summed E-state index contributed by atoms with van der Waals surface area (Å²) in [4.78, 5) is 21.6. The third-order valence-electron chi connectivity index (χ3n) is 2.22. The molecule has 0 amide bonds. The maximum atomic E-state index is 10.9. The monoisotopic (exact) mass is 238 g/mol. The van der Waals surface area contributed by atoms with Crippen LogP contribution < -0.4 is 9.47 Å². The predicted molar refractivity (Wildman–Crippen MR) is 60.7 cm³/mol. The van der Waals surface area contributed by atoms with Gasteiger partial charge in [-0.2, -0.15) is 0 Å². The molecular weight excluding hydrogens is 224 g/mol. The highest BCUT2D eigenvalue weighted by Gasteiger charge is 2.29. The molecule has 0 atom stereocenters. The molecule has 1 aromatic rings. The number of hydrogen-bond acceptors (Lipinski definition) is 4. The number of hydrogen-bond donors (Lipinski definition) is 1. The van der Waals surface area contributed by atoms with Crippen LogP contribution in [-0.2, 0) is 4.79 Å². The van der Waals surface area contributed by atoms with Gasteiger partial charge in [0.25, 0.3) is 0 Å². The van der Waals surface area contributed by atoms with E-state index in [1.54, 1.807) is 0 Å². The van der Waals surface area contributed by atoms with Crippen molar-refractivity contribution in [2.24, 2.45) is 0 Å². The lowest BCUT2D eigenvalue weighted by atomic mass is 10.1. The molecule has 0 fully saturated rings. The number of aliphatic carboxylic acids is 1. The van der Waals surface area contributed by atoms with Crippen LogP contribution in [0.15, 0.2) is 18.2 Å².